The number of aromatic nitrogens is 1. The third-order valence-electron chi connectivity index (χ3n) is 3.01. The minimum atomic E-state index is -0.927. The molecule has 0 bridgehead atoms. The zero-order valence-electron chi connectivity index (χ0n) is 12.8. The minimum absolute atomic E-state index is 0.0639. The van der Waals surface area contributed by atoms with Crippen molar-refractivity contribution in [3.05, 3.63) is 52.0 Å². The lowest BCUT2D eigenvalue weighted by Crippen LogP contribution is -2.31. The van der Waals surface area contributed by atoms with E-state index in [1.54, 1.807) is 26.2 Å². The topological polar surface area (TPSA) is 59.5 Å². The number of carbonyl (C=O) groups excluding carboxylic acids is 2. The van der Waals surface area contributed by atoms with Crippen LogP contribution in [-0.2, 0) is 20.7 Å². The number of ether oxygens (including phenoxy) is 1. The van der Waals surface area contributed by atoms with E-state index in [0.29, 0.717) is 11.3 Å². The van der Waals surface area contributed by atoms with E-state index in [1.807, 2.05) is 30.5 Å². The summed E-state index contributed by atoms with van der Waals surface area (Å²) in [5, 5.41) is 2.72. The Morgan fingerprint density at radius 3 is 2.50 bits per heavy atom. The third-order valence-corrected chi connectivity index (χ3v) is 3.83. The Hall–Kier alpha value is -2.21. The predicted octanol–water partition coefficient (Wildman–Crippen LogP) is 2.37. The molecule has 0 spiro atoms. The summed E-state index contributed by atoms with van der Waals surface area (Å²) < 4.78 is 5.41. The maximum absolute atomic E-state index is 12.3. The highest BCUT2D eigenvalue weighted by Crippen LogP contribution is 2.20. The van der Waals surface area contributed by atoms with E-state index >= 15 is 0 Å². The van der Waals surface area contributed by atoms with Crippen LogP contribution in [0.1, 0.15) is 22.4 Å². The van der Waals surface area contributed by atoms with Crippen molar-refractivity contribution in [2.75, 3.05) is 14.1 Å². The summed E-state index contributed by atoms with van der Waals surface area (Å²) in [5.74, 6) is -0.733. The maximum Gasteiger partial charge on any atom is 0.313 e. The van der Waals surface area contributed by atoms with Gasteiger partial charge in [-0.15, -0.1) is 11.3 Å². The number of carbonyl (C=O) groups is 2. The molecule has 1 aromatic heterocycles. The molecule has 22 heavy (non-hydrogen) atoms. The van der Waals surface area contributed by atoms with Gasteiger partial charge in [-0.2, -0.15) is 0 Å². The molecule has 0 saturated heterocycles. The Labute approximate surface area is 133 Å². The molecule has 0 aliphatic heterocycles. The summed E-state index contributed by atoms with van der Waals surface area (Å²) in [6, 6.07) is 9.01. The molecule has 1 heterocycles. The minimum Gasteiger partial charge on any atom is -0.447 e. The van der Waals surface area contributed by atoms with Gasteiger partial charge in [0.25, 0.3) is 5.91 Å². The van der Waals surface area contributed by atoms with Gasteiger partial charge in [0.15, 0.2) is 0 Å². The normalized spacial score (nSPS) is 11.8. The molecule has 1 amide bonds. The van der Waals surface area contributed by atoms with Crippen molar-refractivity contribution < 1.29 is 14.3 Å². The molecule has 0 aliphatic carbocycles. The van der Waals surface area contributed by atoms with Gasteiger partial charge in [-0.3, -0.25) is 9.59 Å². The van der Waals surface area contributed by atoms with Gasteiger partial charge in [0.1, 0.15) is 0 Å². The number of esters is 1. The fourth-order valence-corrected chi connectivity index (χ4v) is 2.55. The molecule has 5 nitrogen and oxygen atoms in total. The lowest BCUT2D eigenvalue weighted by Gasteiger charge is -2.21. The van der Waals surface area contributed by atoms with Crippen molar-refractivity contribution in [1.29, 1.82) is 0 Å². The first-order valence-electron chi connectivity index (χ1n) is 6.84. The predicted molar refractivity (Wildman–Crippen MR) is 84.5 cm³/mol. The second kappa shape index (κ2) is 7.17. The molecule has 6 heteroatoms. The summed E-state index contributed by atoms with van der Waals surface area (Å²) in [6.45, 7) is 1.88. The van der Waals surface area contributed by atoms with E-state index in [1.165, 1.54) is 16.2 Å². The molecule has 1 aromatic carbocycles. The van der Waals surface area contributed by atoms with Crippen molar-refractivity contribution >= 4 is 23.2 Å². The molecule has 0 N–H and O–H groups in total. The van der Waals surface area contributed by atoms with E-state index in [0.717, 1.165) is 5.01 Å². The number of amides is 1. The zero-order chi connectivity index (χ0) is 16.1. The van der Waals surface area contributed by atoms with E-state index in [2.05, 4.69) is 4.98 Å². The second-order valence-electron chi connectivity index (χ2n) is 5.05. The molecular weight excluding hydrogens is 300 g/mol. The number of benzene rings is 1. The number of hydrogen-bond donors (Lipinski definition) is 0. The van der Waals surface area contributed by atoms with Crippen LogP contribution in [0.3, 0.4) is 0 Å². The number of thiazole rings is 1. The standard InChI is InChI=1S/C16H18N2O3S/c1-11-17-13(10-22-11)9-14(19)21-15(16(20)18(2)3)12-7-5-4-6-8-12/h4-8,10,15H,9H2,1-3H3/t15-/m1/s1. The second-order valence-corrected chi connectivity index (χ2v) is 6.11. The van der Waals surface area contributed by atoms with Gasteiger partial charge in [-0.25, -0.2) is 4.98 Å². The van der Waals surface area contributed by atoms with E-state index in [-0.39, 0.29) is 12.3 Å². The van der Waals surface area contributed by atoms with Crippen LogP contribution in [0.25, 0.3) is 0 Å². The number of aryl methyl sites for hydroxylation is 1. The third kappa shape index (κ3) is 4.14. The van der Waals surface area contributed by atoms with Gasteiger partial charge in [0.2, 0.25) is 6.10 Å². The lowest BCUT2D eigenvalue weighted by molar-refractivity contribution is -0.159. The molecule has 0 saturated carbocycles. The van der Waals surface area contributed by atoms with Crippen LogP contribution in [-0.4, -0.2) is 35.9 Å². The highest BCUT2D eigenvalue weighted by Gasteiger charge is 2.26. The molecule has 0 unspecified atom stereocenters. The summed E-state index contributed by atoms with van der Waals surface area (Å²) >= 11 is 1.48. The zero-order valence-corrected chi connectivity index (χ0v) is 13.6. The van der Waals surface area contributed by atoms with Crippen molar-refractivity contribution in [3.63, 3.8) is 0 Å². The molecule has 2 rings (SSSR count). The van der Waals surface area contributed by atoms with Gasteiger partial charge in [0.05, 0.1) is 17.1 Å². The van der Waals surface area contributed by atoms with Crippen LogP contribution in [0.4, 0.5) is 0 Å². The largest absolute Gasteiger partial charge is 0.447 e. The average molecular weight is 318 g/mol. The van der Waals surface area contributed by atoms with Crippen molar-refractivity contribution in [3.8, 4) is 0 Å². The van der Waals surface area contributed by atoms with Gasteiger partial charge in [-0.05, 0) is 6.92 Å². The molecule has 2 aromatic rings. The van der Waals surface area contributed by atoms with Gasteiger partial charge >= 0.3 is 5.97 Å². The smallest absolute Gasteiger partial charge is 0.313 e. The first-order chi connectivity index (χ1) is 10.5. The van der Waals surface area contributed by atoms with Gasteiger partial charge in [0, 0.05) is 25.0 Å². The van der Waals surface area contributed by atoms with E-state index in [4.69, 9.17) is 4.74 Å². The quantitative estimate of drug-likeness (QED) is 0.794. The Kier molecular flexibility index (Phi) is 5.27. The highest BCUT2D eigenvalue weighted by molar-refractivity contribution is 7.09. The molecule has 0 fully saturated rings. The molecule has 0 aliphatic rings. The summed E-state index contributed by atoms with van der Waals surface area (Å²) in [5.41, 5.74) is 1.32. The van der Waals surface area contributed by atoms with E-state index in [9.17, 15) is 9.59 Å². The van der Waals surface area contributed by atoms with Crippen LogP contribution in [0.2, 0.25) is 0 Å². The Morgan fingerprint density at radius 2 is 1.95 bits per heavy atom. The first-order valence-corrected chi connectivity index (χ1v) is 7.72. The lowest BCUT2D eigenvalue weighted by atomic mass is 10.1. The maximum atomic E-state index is 12.3. The number of nitrogens with zero attached hydrogens (tertiary/aromatic N) is 2. The Morgan fingerprint density at radius 1 is 1.27 bits per heavy atom. The van der Waals surface area contributed by atoms with Crippen LogP contribution in [0.15, 0.2) is 35.7 Å². The van der Waals surface area contributed by atoms with Crippen LogP contribution < -0.4 is 0 Å². The fraction of sp³-hybridized carbons (Fsp3) is 0.312. The highest BCUT2D eigenvalue weighted by atomic mass is 32.1. The molecule has 0 radical (unpaired) electrons. The number of likely N-dealkylation sites (N-methyl/N-ethyl adjacent to an activating group) is 1. The Balaban J connectivity index is 2.12. The summed E-state index contributed by atoms with van der Waals surface area (Å²) in [7, 11) is 3.27. The van der Waals surface area contributed by atoms with Crippen molar-refractivity contribution in [2.45, 2.75) is 19.4 Å². The monoisotopic (exact) mass is 318 g/mol. The number of hydrogen-bond acceptors (Lipinski definition) is 5. The number of rotatable bonds is 5. The average Bonchev–Trinajstić information content (AvgIpc) is 2.90. The molecular formula is C16H18N2O3S. The van der Waals surface area contributed by atoms with Crippen molar-refractivity contribution in [1.82, 2.24) is 9.88 Å². The molecule has 116 valence electrons. The summed E-state index contributed by atoms with van der Waals surface area (Å²) in [6.07, 6.45) is -0.864. The van der Waals surface area contributed by atoms with Crippen LogP contribution in [0.5, 0.6) is 0 Å². The first kappa shape index (κ1) is 16.2. The van der Waals surface area contributed by atoms with Crippen LogP contribution >= 0.6 is 11.3 Å². The molecule has 1 atom stereocenters. The van der Waals surface area contributed by atoms with Crippen molar-refractivity contribution in [2.24, 2.45) is 0 Å². The Bertz CT molecular complexity index is 652. The fourth-order valence-electron chi connectivity index (χ4n) is 1.93. The van der Waals surface area contributed by atoms with Crippen LogP contribution in [0, 0.1) is 6.92 Å². The summed E-state index contributed by atoms with van der Waals surface area (Å²) in [4.78, 5) is 30.0. The van der Waals surface area contributed by atoms with Gasteiger partial charge in [-0.1, -0.05) is 30.3 Å². The van der Waals surface area contributed by atoms with E-state index < -0.39 is 12.1 Å². The van der Waals surface area contributed by atoms with Gasteiger partial charge < -0.3 is 9.64 Å². The SMILES string of the molecule is Cc1nc(CC(=O)O[C@@H](C(=O)N(C)C)c2ccccc2)cs1.